The number of ether oxygens (including phenoxy) is 1. The van der Waals surface area contributed by atoms with Crippen LogP contribution >= 0.6 is 0 Å². The Balaban J connectivity index is 1.52. The summed E-state index contributed by atoms with van der Waals surface area (Å²) in [6.45, 7) is 8.54. The van der Waals surface area contributed by atoms with Crippen LogP contribution in [-0.4, -0.2) is 66.6 Å². The van der Waals surface area contributed by atoms with Gasteiger partial charge in [-0.1, -0.05) is 0 Å². The van der Waals surface area contributed by atoms with Gasteiger partial charge in [0, 0.05) is 51.2 Å². The Morgan fingerprint density at radius 1 is 1.33 bits per heavy atom. The summed E-state index contributed by atoms with van der Waals surface area (Å²) in [6.07, 6.45) is 9.48. The van der Waals surface area contributed by atoms with Gasteiger partial charge in [-0.05, 0) is 49.0 Å². The molecule has 0 radical (unpaired) electrons. The van der Waals surface area contributed by atoms with Crippen molar-refractivity contribution < 1.29 is 9.53 Å². The number of nitrogens with zero attached hydrogens (tertiary/aromatic N) is 3. The van der Waals surface area contributed by atoms with Crippen LogP contribution in [0.15, 0.2) is 24.5 Å². The fourth-order valence-corrected chi connectivity index (χ4v) is 3.51. The first-order chi connectivity index (χ1) is 11.7. The zero-order valence-electron chi connectivity index (χ0n) is 14.5. The van der Waals surface area contributed by atoms with Gasteiger partial charge in [0.2, 0.25) is 5.91 Å². The number of rotatable bonds is 4. The molecule has 130 valence electrons. The van der Waals surface area contributed by atoms with Crippen molar-refractivity contribution in [1.29, 1.82) is 0 Å². The zero-order valence-corrected chi connectivity index (χ0v) is 14.5. The largest absolute Gasteiger partial charge is 0.379 e. The topological polar surface area (TPSA) is 45.7 Å². The molecule has 5 heteroatoms. The van der Waals surface area contributed by atoms with Crippen LogP contribution in [0, 0.1) is 12.8 Å². The molecule has 1 aromatic rings. The number of aryl methyl sites for hydroxylation is 1. The summed E-state index contributed by atoms with van der Waals surface area (Å²) in [7, 11) is 0. The van der Waals surface area contributed by atoms with Gasteiger partial charge in [-0.15, -0.1) is 0 Å². The number of amides is 1. The summed E-state index contributed by atoms with van der Waals surface area (Å²) in [5, 5.41) is 0. The van der Waals surface area contributed by atoms with Crippen LogP contribution in [0.25, 0.3) is 6.08 Å². The van der Waals surface area contributed by atoms with Crippen LogP contribution in [0.1, 0.15) is 24.0 Å². The molecule has 1 unspecified atom stereocenters. The minimum Gasteiger partial charge on any atom is -0.379 e. The molecule has 0 N–H and O–H groups in total. The zero-order chi connectivity index (χ0) is 16.8. The van der Waals surface area contributed by atoms with Crippen molar-refractivity contribution in [2.24, 2.45) is 5.92 Å². The van der Waals surface area contributed by atoms with E-state index < -0.39 is 0 Å². The lowest BCUT2D eigenvalue weighted by atomic mass is 9.97. The molecule has 0 aromatic carbocycles. The van der Waals surface area contributed by atoms with Crippen molar-refractivity contribution >= 4 is 12.0 Å². The molecule has 1 aromatic heterocycles. The van der Waals surface area contributed by atoms with Crippen LogP contribution in [0.2, 0.25) is 0 Å². The highest BCUT2D eigenvalue weighted by molar-refractivity contribution is 5.91. The molecule has 2 saturated heterocycles. The molecule has 1 atom stereocenters. The highest BCUT2D eigenvalue weighted by Gasteiger charge is 2.24. The number of piperidine rings is 1. The molecule has 3 rings (SSSR count). The average molecular weight is 329 g/mol. The van der Waals surface area contributed by atoms with Crippen LogP contribution in [-0.2, 0) is 9.53 Å². The van der Waals surface area contributed by atoms with Gasteiger partial charge in [0.05, 0.1) is 13.2 Å². The Morgan fingerprint density at radius 3 is 2.96 bits per heavy atom. The van der Waals surface area contributed by atoms with E-state index >= 15 is 0 Å². The van der Waals surface area contributed by atoms with E-state index in [0.29, 0.717) is 5.92 Å². The molecular formula is C19H27N3O2. The van der Waals surface area contributed by atoms with Gasteiger partial charge in [-0.2, -0.15) is 0 Å². The second kappa shape index (κ2) is 8.40. The van der Waals surface area contributed by atoms with E-state index in [0.717, 1.165) is 63.5 Å². The lowest BCUT2D eigenvalue weighted by Crippen LogP contribution is -2.45. The average Bonchev–Trinajstić information content (AvgIpc) is 2.61. The van der Waals surface area contributed by atoms with Gasteiger partial charge in [0.15, 0.2) is 0 Å². The lowest BCUT2D eigenvalue weighted by Gasteiger charge is -2.36. The summed E-state index contributed by atoms with van der Waals surface area (Å²) in [5.41, 5.74) is 2.08. The first kappa shape index (κ1) is 17.1. The maximum Gasteiger partial charge on any atom is 0.246 e. The third-order valence-electron chi connectivity index (χ3n) is 4.77. The number of hydrogen-bond acceptors (Lipinski definition) is 4. The van der Waals surface area contributed by atoms with E-state index in [1.165, 1.54) is 6.42 Å². The van der Waals surface area contributed by atoms with Gasteiger partial charge in [0.25, 0.3) is 0 Å². The molecule has 2 aliphatic heterocycles. The molecule has 2 aliphatic rings. The van der Waals surface area contributed by atoms with Crippen LogP contribution in [0.5, 0.6) is 0 Å². The first-order valence-electron chi connectivity index (χ1n) is 8.89. The van der Waals surface area contributed by atoms with Crippen molar-refractivity contribution in [3.63, 3.8) is 0 Å². The summed E-state index contributed by atoms with van der Waals surface area (Å²) in [5.74, 6) is 0.693. The number of carbonyl (C=O) groups excluding carboxylic acids is 1. The van der Waals surface area contributed by atoms with E-state index in [1.54, 1.807) is 12.3 Å². The van der Waals surface area contributed by atoms with Crippen LogP contribution < -0.4 is 0 Å². The molecule has 5 nitrogen and oxygen atoms in total. The Hall–Kier alpha value is -1.72. The van der Waals surface area contributed by atoms with Crippen LogP contribution in [0.3, 0.4) is 0 Å². The molecule has 1 amide bonds. The smallest absolute Gasteiger partial charge is 0.246 e. The van der Waals surface area contributed by atoms with Crippen molar-refractivity contribution in [2.75, 3.05) is 45.9 Å². The minimum absolute atomic E-state index is 0.114. The molecule has 0 bridgehead atoms. The van der Waals surface area contributed by atoms with E-state index in [9.17, 15) is 4.79 Å². The fourth-order valence-electron chi connectivity index (χ4n) is 3.51. The summed E-state index contributed by atoms with van der Waals surface area (Å²) in [6, 6.07) is 2.04. The summed E-state index contributed by atoms with van der Waals surface area (Å²) < 4.78 is 5.41. The monoisotopic (exact) mass is 329 g/mol. The van der Waals surface area contributed by atoms with E-state index in [4.69, 9.17) is 4.74 Å². The number of aromatic nitrogens is 1. The number of likely N-dealkylation sites (tertiary alicyclic amines) is 1. The van der Waals surface area contributed by atoms with E-state index in [2.05, 4.69) is 9.88 Å². The van der Waals surface area contributed by atoms with Gasteiger partial charge in [-0.25, -0.2) is 0 Å². The van der Waals surface area contributed by atoms with Crippen molar-refractivity contribution in [3.8, 4) is 0 Å². The van der Waals surface area contributed by atoms with E-state index in [-0.39, 0.29) is 5.91 Å². The maximum absolute atomic E-state index is 12.5. The standard InChI is InChI=1S/C19H27N3O2/c1-16-11-17(13-20-12-16)4-5-19(23)22-6-2-3-18(15-22)14-21-7-9-24-10-8-21/h4-5,11-13,18H,2-3,6-10,14-15H2,1H3/b5-4+. The quantitative estimate of drug-likeness (QED) is 0.793. The van der Waals surface area contributed by atoms with Gasteiger partial charge < -0.3 is 9.64 Å². The number of carbonyl (C=O) groups is 1. The second-order valence-electron chi connectivity index (χ2n) is 6.83. The molecule has 24 heavy (non-hydrogen) atoms. The molecule has 3 heterocycles. The second-order valence-corrected chi connectivity index (χ2v) is 6.83. The highest BCUT2D eigenvalue weighted by atomic mass is 16.5. The lowest BCUT2D eigenvalue weighted by molar-refractivity contribution is -0.127. The first-order valence-corrected chi connectivity index (χ1v) is 8.89. The molecule has 0 spiro atoms. The van der Waals surface area contributed by atoms with Gasteiger partial charge >= 0.3 is 0 Å². The molecule has 2 fully saturated rings. The molecule has 0 aliphatic carbocycles. The molecule has 0 saturated carbocycles. The number of morpholine rings is 1. The Kier molecular flexibility index (Phi) is 5.99. The summed E-state index contributed by atoms with van der Waals surface area (Å²) >= 11 is 0. The van der Waals surface area contributed by atoms with E-state index in [1.807, 2.05) is 30.2 Å². The minimum atomic E-state index is 0.114. The van der Waals surface area contributed by atoms with Crippen molar-refractivity contribution in [2.45, 2.75) is 19.8 Å². The normalized spacial score (nSPS) is 22.9. The highest BCUT2D eigenvalue weighted by Crippen LogP contribution is 2.19. The summed E-state index contributed by atoms with van der Waals surface area (Å²) in [4.78, 5) is 21.1. The van der Waals surface area contributed by atoms with Crippen molar-refractivity contribution in [3.05, 3.63) is 35.7 Å². The maximum atomic E-state index is 12.5. The number of hydrogen-bond donors (Lipinski definition) is 0. The fraction of sp³-hybridized carbons (Fsp3) is 0.579. The third kappa shape index (κ3) is 4.89. The SMILES string of the molecule is Cc1cncc(/C=C/C(=O)N2CCCC(CN3CCOCC3)C2)c1. The molecular weight excluding hydrogens is 302 g/mol. The van der Waals surface area contributed by atoms with Gasteiger partial charge in [-0.3, -0.25) is 14.7 Å². The Morgan fingerprint density at radius 2 is 2.17 bits per heavy atom. The van der Waals surface area contributed by atoms with Gasteiger partial charge in [0.1, 0.15) is 0 Å². The Bertz CT molecular complexity index is 582. The van der Waals surface area contributed by atoms with Crippen LogP contribution in [0.4, 0.5) is 0 Å². The predicted octanol–water partition coefficient (Wildman–Crippen LogP) is 1.97. The third-order valence-corrected chi connectivity index (χ3v) is 4.77. The van der Waals surface area contributed by atoms with Crippen molar-refractivity contribution in [1.82, 2.24) is 14.8 Å². The predicted molar refractivity (Wildman–Crippen MR) is 94.6 cm³/mol. The Labute approximate surface area is 144 Å². The number of pyridine rings is 1.